The number of nitrogens with one attached hydrogen (secondary N) is 2. The minimum absolute atomic E-state index is 0. The maximum Gasteiger partial charge on any atom is 0.190 e. The predicted octanol–water partition coefficient (Wildman–Crippen LogP) is 3.93. The second-order valence-electron chi connectivity index (χ2n) is 5.14. The van der Waals surface area contributed by atoms with Crippen LogP contribution >= 0.6 is 46.9 Å². The van der Waals surface area contributed by atoms with Crippen molar-refractivity contribution in [3.63, 3.8) is 0 Å². The van der Waals surface area contributed by atoms with E-state index in [0.29, 0.717) is 0 Å². The molecule has 4 nitrogen and oxygen atoms in total. The Morgan fingerprint density at radius 1 is 1.25 bits per heavy atom. The predicted molar refractivity (Wildman–Crippen MR) is 115 cm³/mol. The second kappa shape index (κ2) is 11.7. The Balaban J connectivity index is 0.00000288. The highest BCUT2D eigenvalue weighted by Gasteiger charge is 2.02. The molecule has 1 heterocycles. The first kappa shape index (κ1) is 21.2. The topological polar surface area (TPSA) is 49.3 Å². The van der Waals surface area contributed by atoms with Crippen LogP contribution in [-0.4, -0.2) is 31.1 Å². The third-order valence-electron chi connectivity index (χ3n) is 3.39. The average molecular weight is 479 g/mol. The molecule has 0 fully saturated rings. The molecule has 0 aliphatic heterocycles. The normalized spacial score (nSPS) is 11.0. The van der Waals surface area contributed by atoms with Crippen molar-refractivity contribution in [3.05, 3.63) is 50.9 Å². The van der Waals surface area contributed by atoms with E-state index in [1.807, 2.05) is 18.2 Å². The summed E-state index contributed by atoms with van der Waals surface area (Å²) in [4.78, 5) is 8.81. The lowest BCUT2D eigenvalue weighted by atomic mass is 10.1. The van der Waals surface area contributed by atoms with E-state index < -0.39 is 0 Å². The highest BCUT2D eigenvalue weighted by Crippen LogP contribution is 2.11. The number of rotatable bonds is 7. The molecule has 0 atom stereocenters. The van der Waals surface area contributed by atoms with Crippen LogP contribution in [-0.2, 0) is 19.3 Å². The van der Waals surface area contributed by atoms with E-state index in [9.17, 15) is 0 Å². The number of guanidine groups is 1. The summed E-state index contributed by atoms with van der Waals surface area (Å²) in [5, 5.41) is 10.7. The van der Waals surface area contributed by atoms with Gasteiger partial charge in [-0.2, -0.15) is 0 Å². The van der Waals surface area contributed by atoms with E-state index in [2.05, 4.69) is 39.0 Å². The van der Waals surface area contributed by atoms with Gasteiger partial charge >= 0.3 is 0 Å². The zero-order chi connectivity index (χ0) is 16.5. The first-order chi connectivity index (χ1) is 11.2. The number of aromatic nitrogens is 1. The maximum atomic E-state index is 5.99. The van der Waals surface area contributed by atoms with Gasteiger partial charge in [-0.25, -0.2) is 4.98 Å². The van der Waals surface area contributed by atoms with Crippen molar-refractivity contribution >= 4 is 52.9 Å². The van der Waals surface area contributed by atoms with Crippen molar-refractivity contribution in [2.45, 2.75) is 26.2 Å². The maximum absolute atomic E-state index is 5.99. The lowest BCUT2D eigenvalue weighted by molar-refractivity contribution is 0.776. The molecular formula is C17H24ClIN4S. The fourth-order valence-corrected chi connectivity index (χ4v) is 3.17. The third kappa shape index (κ3) is 7.36. The quantitative estimate of drug-likeness (QED) is 0.360. The highest BCUT2D eigenvalue weighted by atomic mass is 127. The number of hydrogen-bond acceptors (Lipinski definition) is 3. The number of aliphatic imine (C=N–C) groups is 1. The van der Waals surface area contributed by atoms with Crippen LogP contribution in [0.5, 0.6) is 0 Å². The summed E-state index contributed by atoms with van der Waals surface area (Å²) in [7, 11) is 1.78. The molecule has 0 amide bonds. The van der Waals surface area contributed by atoms with Gasteiger partial charge in [-0.15, -0.1) is 35.3 Å². The van der Waals surface area contributed by atoms with Gasteiger partial charge in [0.15, 0.2) is 5.96 Å². The molecule has 0 aliphatic rings. The first-order valence-corrected chi connectivity index (χ1v) is 9.09. The van der Waals surface area contributed by atoms with E-state index in [0.717, 1.165) is 49.0 Å². The summed E-state index contributed by atoms with van der Waals surface area (Å²) in [6.07, 6.45) is 2.82. The fourth-order valence-electron chi connectivity index (χ4n) is 2.17. The number of aryl methyl sites for hydroxylation is 1. The number of hydrogen-bond donors (Lipinski definition) is 2. The Kier molecular flexibility index (Phi) is 10.3. The summed E-state index contributed by atoms with van der Waals surface area (Å²) >= 11 is 7.72. The minimum atomic E-state index is 0. The second-order valence-corrected chi connectivity index (χ2v) is 6.52. The first-order valence-electron chi connectivity index (χ1n) is 7.83. The van der Waals surface area contributed by atoms with Crippen LogP contribution in [0.15, 0.2) is 34.6 Å². The number of nitrogens with zero attached hydrogens (tertiary/aromatic N) is 2. The zero-order valence-electron chi connectivity index (χ0n) is 14.0. The van der Waals surface area contributed by atoms with Crippen LogP contribution < -0.4 is 10.6 Å². The van der Waals surface area contributed by atoms with Crippen LogP contribution in [0.2, 0.25) is 5.02 Å². The highest BCUT2D eigenvalue weighted by molar-refractivity contribution is 14.0. The van der Waals surface area contributed by atoms with Gasteiger partial charge in [0.1, 0.15) is 0 Å². The summed E-state index contributed by atoms with van der Waals surface area (Å²) in [6, 6.07) is 7.94. The van der Waals surface area contributed by atoms with Gasteiger partial charge in [0.05, 0.1) is 10.7 Å². The van der Waals surface area contributed by atoms with Crippen LogP contribution in [0.25, 0.3) is 0 Å². The number of thiazole rings is 1. The van der Waals surface area contributed by atoms with E-state index in [1.54, 1.807) is 18.4 Å². The van der Waals surface area contributed by atoms with E-state index in [1.165, 1.54) is 10.6 Å². The smallest absolute Gasteiger partial charge is 0.190 e. The minimum Gasteiger partial charge on any atom is -0.356 e. The van der Waals surface area contributed by atoms with Gasteiger partial charge in [0, 0.05) is 37.0 Å². The van der Waals surface area contributed by atoms with E-state index >= 15 is 0 Å². The Labute approximate surface area is 170 Å². The largest absolute Gasteiger partial charge is 0.356 e. The Bertz CT molecular complexity index is 645. The molecule has 0 bridgehead atoms. The van der Waals surface area contributed by atoms with Gasteiger partial charge in [-0.3, -0.25) is 4.99 Å². The van der Waals surface area contributed by atoms with Crippen molar-refractivity contribution in [1.29, 1.82) is 0 Å². The zero-order valence-corrected chi connectivity index (χ0v) is 17.9. The molecule has 1 aromatic carbocycles. The van der Waals surface area contributed by atoms with Gasteiger partial charge < -0.3 is 10.6 Å². The Morgan fingerprint density at radius 3 is 2.62 bits per heavy atom. The van der Waals surface area contributed by atoms with E-state index in [4.69, 9.17) is 11.6 Å². The molecule has 0 radical (unpaired) electrons. The van der Waals surface area contributed by atoms with Crippen molar-refractivity contribution in [1.82, 2.24) is 15.6 Å². The lowest BCUT2D eigenvalue weighted by Crippen LogP contribution is -2.39. The van der Waals surface area contributed by atoms with Crippen LogP contribution in [0.4, 0.5) is 0 Å². The standard InChI is InChI=1S/C17H23ClN4S.HI/c1-3-16-22-15(12-23-16)8-10-21-17(19-2)20-9-7-13-5-4-6-14(18)11-13;/h4-6,11-12H,3,7-10H2,1-2H3,(H2,19,20,21);1H. The van der Waals surface area contributed by atoms with Gasteiger partial charge in [-0.1, -0.05) is 30.7 Å². The average Bonchev–Trinajstić information content (AvgIpc) is 3.01. The van der Waals surface area contributed by atoms with Crippen LogP contribution in [0.3, 0.4) is 0 Å². The lowest BCUT2D eigenvalue weighted by Gasteiger charge is -2.11. The monoisotopic (exact) mass is 478 g/mol. The molecule has 7 heteroatoms. The van der Waals surface area contributed by atoms with E-state index in [-0.39, 0.29) is 24.0 Å². The van der Waals surface area contributed by atoms with Gasteiger partial charge in [-0.05, 0) is 30.5 Å². The SMILES string of the molecule is CCc1nc(CCNC(=NC)NCCc2cccc(Cl)c2)cs1.I. The molecule has 0 saturated heterocycles. The van der Waals surface area contributed by atoms with Crippen molar-refractivity contribution in [2.75, 3.05) is 20.1 Å². The molecule has 0 spiro atoms. The van der Waals surface area contributed by atoms with Gasteiger partial charge in [0.2, 0.25) is 0 Å². The third-order valence-corrected chi connectivity index (χ3v) is 4.67. The summed E-state index contributed by atoms with van der Waals surface area (Å²) in [5.74, 6) is 0.818. The molecule has 24 heavy (non-hydrogen) atoms. The summed E-state index contributed by atoms with van der Waals surface area (Å²) in [5.41, 5.74) is 2.36. The summed E-state index contributed by atoms with van der Waals surface area (Å²) < 4.78 is 0. The van der Waals surface area contributed by atoms with Crippen LogP contribution in [0, 0.1) is 0 Å². The molecular weight excluding hydrogens is 455 g/mol. The molecule has 0 saturated carbocycles. The number of benzene rings is 1. The van der Waals surface area contributed by atoms with Gasteiger partial charge in [0.25, 0.3) is 0 Å². The van der Waals surface area contributed by atoms with Crippen molar-refractivity contribution in [2.24, 2.45) is 4.99 Å². The molecule has 0 unspecified atom stereocenters. The molecule has 1 aromatic heterocycles. The Morgan fingerprint density at radius 2 is 2.00 bits per heavy atom. The molecule has 2 rings (SSSR count). The Hall–Kier alpha value is -0.860. The van der Waals surface area contributed by atoms with Crippen molar-refractivity contribution in [3.8, 4) is 0 Å². The van der Waals surface area contributed by atoms with Crippen LogP contribution in [0.1, 0.15) is 23.2 Å². The fraction of sp³-hybridized carbons (Fsp3) is 0.412. The molecule has 2 aromatic rings. The molecule has 2 N–H and O–H groups in total. The number of halogens is 2. The van der Waals surface area contributed by atoms with Crippen molar-refractivity contribution < 1.29 is 0 Å². The summed E-state index contributed by atoms with van der Waals surface area (Å²) in [6.45, 7) is 3.77. The molecule has 0 aliphatic carbocycles. The molecule has 132 valence electrons.